The highest BCUT2D eigenvalue weighted by Crippen LogP contribution is 2.38. The fraction of sp³-hybridized carbons (Fsp3) is 0.533. The van der Waals surface area contributed by atoms with E-state index in [1.807, 2.05) is 0 Å². The normalized spacial score (nSPS) is 18.3. The summed E-state index contributed by atoms with van der Waals surface area (Å²) < 4.78 is 13.9. The van der Waals surface area contributed by atoms with Gasteiger partial charge in [-0.2, -0.15) is 0 Å². The van der Waals surface area contributed by atoms with E-state index in [2.05, 4.69) is 12.2 Å². The lowest BCUT2D eigenvalue weighted by atomic mass is 9.70. The summed E-state index contributed by atoms with van der Waals surface area (Å²) in [5.41, 5.74) is -0.228. The van der Waals surface area contributed by atoms with E-state index in [0.717, 1.165) is 38.8 Å². The molecule has 0 unspecified atom stereocenters. The third-order valence-corrected chi connectivity index (χ3v) is 4.18. The van der Waals surface area contributed by atoms with Crippen molar-refractivity contribution in [2.75, 3.05) is 13.1 Å². The first-order valence-electron chi connectivity index (χ1n) is 6.79. The highest BCUT2D eigenvalue weighted by molar-refractivity contribution is 6.30. The summed E-state index contributed by atoms with van der Waals surface area (Å²) in [6.07, 6.45) is 3.31. The molecule has 1 aromatic carbocycles. The molecule has 0 atom stereocenters. The Hall–Kier alpha value is -0.930. The quantitative estimate of drug-likeness (QED) is 0.851. The van der Waals surface area contributed by atoms with Crippen LogP contribution < -0.4 is 5.32 Å². The van der Waals surface area contributed by atoms with Gasteiger partial charge in [0.25, 0.3) is 0 Å². The molecule has 104 valence electrons. The summed E-state index contributed by atoms with van der Waals surface area (Å²) in [4.78, 5) is 12.7. The van der Waals surface area contributed by atoms with Gasteiger partial charge in [-0.05, 0) is 50.6 Å². The van der Waals surface area contributed by atoms with Crippen LogP contribution in [0, 0.1) is 11.2 Å². The molecule has 1 N–H and O–H groups in total. The molecule has 19 heavy (non-hydrogen) atoms. The summed E-state index contributed by atoms with van der Waals surface area (Å²) in [6.45, 7) is 3.71. The van der Waals surface area contributed by atoms with Gasteiger partial charge in [-0.15, -0.1) is 0 Å². The number of nitrogens with one attached hydrogen (secondary N) is 1. The van der Waals surface area contributed by atoms with Gasteiger partial charge in [-0.3, -0.25) is 4.79 Å². The van der Waals surface area contributed by atoms with E-state index in [1.165, 1.54) is 12.1 Å². The van der Waals surface area contributed by atoms with Crippen LogP contribution in [-0.2, 0) is 0 Å². The zero-order chi connectivity index (χ0) is 13.9. The molecular formula is C15H19ClFNO. The zero-order valence-electron chi connectivity index (χ0n) is 11.1. The van der Waals surface area contributed by atoms with Crippen molar-refractivity contribution in [2.24, 2.45) is 5.41 Å². The smallest absolute Gasteiger partial charge is 0.172 e. The molecule has 4 heteroatoms. The molecule has 0 radical (unpaired) electrons. The lowest BCUT2D eigenvalue weighted by Crippen LogP contribution is -2.42. The Morgan fingerprint density at radius 1 is 1.42 bits per heavy atom. The zero-order valence-corrected chi connectivity index (χ0v) is 11.9. The molecule has 1 heterocycles. The van der Waals surface area contributed by atoms with Crippen LogP contribution in [0.15, 0.2) is 18.2 Å². The Morgan fingerprint density at radius 3 is 2.68 bits per heavy atom. The van der Waals surface area contributed by atoms with Gasteiger partial charge in [0.2, 0.25) is 0 Å². The summed E-state index contributed by atoms with van der Waals surface area (Å²) in [6, 6.07) is 4.31. The molecule has 1 aliphatic rings. The molecule has 0 bridgehead atoms. The molecule has 0 aliphatic carbocycles. The van der Waals surface area contributed by atoms with Gasteiger partial charge in [-0.25, -0.2) is 4.39 Å². The van der Waals surface area contributed by atoms with E-state index in [1.54, 1.807) is 6.07 Å². The molecule has 0 spiro atoms. The van der Waals surface area contributed by atoms with Crippen LogP contribution >= 0.6 is 11.6 Å². The molecular weight excluding hydrogens is 265 g/mol. The van der Waals surface area contributed by atoms with Crippen LogP contribution in [0.3, 0.4) is 0 Å². The van der Waals surface area contributed by atoms with Crippen LogP contribution in [0.1, 0.15) is 43.0 Å². The largest absolute Gasteiger partial charge is 0.317 e. The van der Waals surface area contributed by atoms with Crippen molar-refractivity contribution in [2.45, 2.75) is 32.6 Å². The van der Waals surface area contributed by atoms with Gasteiger partial charge < -0.3 is 5.32 Å². The number of piperidine rings is 1. The second-order valence-corrected chi connectivity index (χ2v) is 5.67. The fourth-order valence-corrected chi connectivity index (χ4v) is 3.09. The minimum Gasteiger partial charge on any atom is -0.317 e. The monoisotopic (exact) mass is 283 g/mol. The minimum absolute atomic E-state index is 0.0648. The third-order valence-electron chi connectivity index (χ3n) is 3.95. The van der Waals surface area contributed by atoms with Gasteiger partial charge >= 0.3 is 0 Å². The second-order valence-electron chi connectivity index (χ2n) is 5.23. The first kappa shape index (κ1) is 14.5. The number of rotatable bonds is 4. The third kappa shape index (κ3) is 2.98. The number of hydrogen-bond acceptors (Lipinski definition) is 2. The molecule has 1 saturated heterocycles. The number of benzene rings is 1. The van der Waals surface area contributed by atoms with E-state index >= 15 is 0 Å². The number of hydrogen-bond donors (Lipinski definition) is 1. The molecule has 2 nitrogen and oxygen atoms in total. The van der Waals surface area contributed by atoms with Crippen molar-refractivity contribution in [1.82, 2.24) is 5.32 Å². The topological polar surface area (TPSA) is 29.1 Å². The summed E-state index contributed by atoms with van der Waals surface area (Å²) >= 11 is 5.74. The maximum atomic E-state index is 13.9. The highest BCUT2D eigenvalue weighted by atomic mass is 35.5. The van der Waals surface area contributed by atoms with Gasteiger partial charge in [-0.1, -0.05) is 24.9 Å². The number of carbonyl (C=O) groups excluding carboxylic acids is 1. The van der Waals surface area contributed by atoms with Gasteiger partial charge in [0.1, 0.15) is 5.82 Å². The first-order chi connectivity index (χ1) is 9.09. The number of halogens is 2. The van der Waals surface area contributed by atoms with Crippen LogP contribution in [-0.4, -0.2) is 18.9 Å². The molecule has 1 fully saturated rings. The van der Waals surface area contributed by atoms with Crippen molar-refractivity contribution in [3.05, 3.63) is 34.6 Å². The molecule has 0 saturated carbocycles. The number of carbonyl (C=O) groups is 1. The lowest BCUT2D eigenvalue weighted by molar-refractivity contribution is 0.0699. The highest BCUT2D eigenvalue weighted by Gasteiger charge is 2.39. The van der Waals surface area contributed by atoms with Gasteiger partial charge in [0.15, 0.2) is 5.78 Å². The minimum atomic E-state index is -0.508. The van der Waals surface area contributed by atoms with Crippen molar-refractivity contribution in [3.63, 3.8) is 0 Å². The van der Waals surface area contributed by atoms with Crippen molar-refractivity contribution in [1.29, 1.82) is 0 Å². The maximum Gasteiger partial charge on any atom is 0.172 e. The maximum absolute atomic E-state index is 13.9. The van der Waals surface area contributed by atoms with E-state index in [-0.39, 0.29) is 11.3 Å². The molecule has 2 rings (SSSR count). The molecule has 1 aliphatic heterocycles. The lowest BCUT2D eigenvalue weighted by Gasteiger charge is -2.36. The van der Waals surface area contributed by atoms with Crippen molar-refractivity contribution in [3.8, 4) is 0 Å². The van der Waals surface area contributed by atoms with E-state index in [9.17, 15) is 9.18 Å². The summed E-state index contributed by atoms with van der Waals surface area (Å²) in [5.74, 6) is -0.573. The van der Waals surface area contributed by atoms with Crippen LogP contribution in [0.5, 0.6) is 0 Å². The second kappa shape index (κ2) is 6.02. The summed E-state index contributed by atoms with van der Waals surface area (Å²) in [5, 5.41) is 3.58. The van der Waals surface area contributed by atoms with E-state index in [0.29, 0.717) is 5.02 Å². The number of Topliss-reactive ketones (excluding diaryl/α,β-unsaturated/α-hetero) is 1. The van der Waals surface area contributed by atoms with Crippen molar-refractivity contribution < 1.29 is 9.18 Å². The van der Waals surface area contributed by atoms with E-state index in [4.69, 9.17) is 11.6 Å². The van der Waals surface area contributed by atoms with Gasteiger partial charge in [0.05, 0.1) is 5.56 Å². The number of ketones is 1. The van der Waals surface area contributed by atoms with Crippen LogP contribution in [0.2, 0.25) is 5.02 Å². The molecule has 1 aromatic rings. The fourth-order valence-electron chi connectivity index (χ4n) is 2.93. The first-order valence-corrected chi connectivity index (χ1v) is 7.17. The predicted molar refractivity (Wildman–Crippen MR) is 75.2 cm³/mol. The average Bonchev–Trinajstić information content (AvgIpc) is 2.39. The SMILES string of the molecule is CCCC1(C(=O)c2ccc(Cl)cc2F)CCNCC1. The Bertz CT molecular complexity index is 464. The Morgan fingerprint density at radius 2 is 2.11 bits per heavy atom. The standard InChI is InChI=1S/C15H19ClFNO/c1-2-5-15(6-8-18-9-7-15)14(19)12-4-3-11(16)10-13(12)17/h3-4,10,18H,2,5-9H2,1H3. The van der Waals surface area contributed by atoms with Gasteiger partial charge in [0, 0.05) is 10.4 Å². The van der Waals surface area contributed by atoms with E-state index < -0.39 is 11.2 Å². The van der Waals surface area contributed by atoms with Crippen LogP contribution in [0.4, 0.5) is 4.39 Å². The predicted octanol–water partition coefficient (Wildman–Crippen LogP) is 3.83. The Kier molecular flexibility index (Phi) is 4.58. The Labute approximate surface area is 118 Å². The average molecular weight is 284 g/mol. The summed E-state index contributed by atoms with van der Waals surface area (Å²) in [7, 11) is 0. The molecule has 0 aromatic heterocycles. The van der Waals surface area contributed by atoms with Crippen LogP contribution in [0.25, 0.3) is 0 Å². The Balaban J connectivity index is 2.33. The molecule has 0 amide bonds. The van der Waals surface area contributed by atoms with Crippen molar-refractivity contribution >= 4 is 17.4 Å².